The molecule has 3 rings (SSSR count). The normalized spacial score (nSPS) is 17.9. The van der Waals surface area contributed by atoms with Crippen molar-refractivity contribution in [1.29, 1.82) is 0 Å². The van der Waals surface area contributed by atoms with Gasteiger partial charge in [0.15, 0.2) is 0 Å². The third-order valence-electron chi connectivity index (χ3n) is 4.09. The fourth-order valence-corrected chi connectivity index (χ4v) is 3.21. The minimum atomic E-state index is -0.120. The van der Waals surface area contributed by atoms with Gasteiger partial charge in [0.1, 0.15) is 0 Å². The van der Waals surface area contributed by atoms with Crippen molar-refractivity contribution in [2.45, 2.75) is 13.5 Å². The van der Waals surface area contributed by atoms with Crippen LogP contribution in [0.3, 0.4) is 0 Å². The van der Waals surface area contributed by atoms with Crippen molar-refractivity contribution >= 4 is 40.5 Å². The Bertz CT molecular complexity index is 750. The largest absolute Gasteiger partial charge is 0.363 e. The molecule has 4 nitrogen and oxygen atoms in total. The number of carbonyl (C=O) groups is 1. The van der Waals surface area contributed by atoms with Crippen molar-refractivity contribution in [3.05, 3.63) is 52.3 Å². The molecule has 0 radical (unpaired) electrons. The van der Waals surface area contributed by atoms with Gasteiger partial charge in [0.25, 0.3) is 0 Å². The van der Waals surface area contributed by atoms with E-state index in [9.17, 15) is 4.79 Å². The lowest BCUT2D eigenvalue weighted by atomic mass is 10.1. The molecule has 1 aromatic carbocycles. The van der Waals surface area contributed by atoms with E-state index in [1.165, 1.54) is 0 Å². The summed E-state index contributed by atoms with van der Waals surface area (Å²) in [4.78, 5) is 20.7. The summed E-state index contributed by atoms with van der Waals surface area (Å²) >= 11 is 12.4. The summed E-state index contributed by atoms with van der Waals surface area (Å²) in [6.07, 6.45) is 1.65. The number of nitrogens with zero attached hydrogens (tertiary/aromatic N) is 3. The van der Waals surface area contributed by atoms with E-state index in [4.69, 9.17) is 23.2 Å². The molecule has 0 bridgehead atoms. The van der Waals surface area contributed by atoms with Crippen molar-refractivity contribution in [2.24, 2.45) is 5.92 Å². The molecule has 1 atom stereocenters. The second-order valence-electron chi connectivity index (χ2n) is 5.72. The van der Waals surface area contributed by atoms with Crippen molar-refractivity contribution in [1.82, 2.24) is 4.98 Å². The van der Waals surface area contributed by atoms with Gasteiger partial charge >= 0.3 is 0 Å². The number of hydrogen-bond donors (Lipinski definition) is 0. The van der Waals surface area contributed by atoms with Crippen LogP contribution in [0.2, 0.25) is 10.0 Å². The molecule has 1 amide bonds. The minimum absolute atomic E-state index is 0.102. The Morgan fingerprint density at radius 3 is 2.65 bits per heavy atom. The first kappa shape index (κ1) is 16.1. The number of rotatable bonds is 2. The fraction of sp³-hybridized carbons (Fsp3) is 0.294. The Labute approximate surface area is 145 Å². The first-order valence-corrected chi connectivity index (χ1v) is 8.15. The Morgan fingerprint density at radius 2 is 1.91 bits per heavy atom. The van der Waals surface area contributed by atoms with E-state index in [0.29, 0.717) is 28.8 Å². The molecule has 23 heavy (non-hydrogen) atoms. The maximum atomic E-state index is 12.5. The zero-order chi connectivity index (χ0) is 16.6. The second kappa shape index (κ2) is 6.38. The van der Waals surface area contributed by atoms with Gasteiger partial charge < -0.3 is 9.80 Å². The predicted molar refractivity (Wildman–Crippen MR) is 94.3 cm³/mol. The predicted octanol–water partition coefficient (Wildman–Crippen LogP) is 4.01. The van der Waals surface area contributed by atoms with E-state index in [-0.39, 0.29) is 11.8 Å². The molecule has 0 saturated heterocycles. The van der Waals surface area contributed by atoms with Crippen LogP contribution in [-0.4, -0.2) is 24.5 Å². The molecular formula is C17H17Cl2N3O. The number of anilines is 2. The smallest absolute Gasteiger partial charge is 0.231 e. The Morgan fingerprint density at radius 1 is 1.22 bits per heavy atom. The molecule has 0 aliphatic carbocycles. The minimum Gasteiger partial charge on any atom is -0.363 e. The van der Waals surface area contributed by atoms with Gasteiger partial charge in [-0.25, -0.2) is 0 Å². The van der Waals surface area contributed by atoms with E-state index in [1.807, 2.05) is 38.2 Å². The summed E-state index contributed by atoms with van der Waals surface area (Å²) in [5.41, 5.74) is 2.59. The summed E-state index contributed by atoms with van der Waals surface area (Å²) in [5.74, 6) is -0.0181. The van der Waals surface area contributed by atoms with E-state index in [1.54, 1.807) is 17.2 Å². The summed E-state index contributed by atoms with van der Waals surface area (Å²) in [5, 5.41) is 0.948. The van der Waals surface area contributed by atoms with Gasteiger partial charge in [-0.2, -0.15) is 0 Å². The quantitative estimate of drug-likeness (QED) is 0.821. The maximum absolute atomic E-state index is 12.5. The van der Waals surface area contributed by atoms with Crippen LogP contribution in [0.25, 0.3) is 0 Å². The molecule has 1 unspecified atom stereocenters. The lowest BCUT2D eigenvalue weighted by Gasteiger charge is -2.26. The van der Waals surface area contributed by atoms with Gasteiger partial charge in [0.05, 0.1) is 39.6 Å². The van der Waals surface area contributed by atoms with E-state index in [2.05, 4.69) is 9.88 Å². The number of halogens is 2. The highest BCUT2D eigenvalue weighted by Crippen LogP contribution is 2.35. The number of benzene rings is 1. The van der Waals surface area contributed by atoms with E-state index in [0.717, 1.165) is 11.4 Å². The molecule has 6 heteroatoms. The third-order valence-corrected chi connectivity index (χ3v) is 4.92. The van der Waals surface area contributed by atoms with Gasteiger partial charge in [-0.05, 0) is 18.2 Å². The number of fused-ring (bicyclic) bond motifs is 1. The fourth-order valence-electron chi connectivity index (χ4n) is 2.87. The number of pyridine rings is 1. The standard InChI is InChI=1S/C17H17Cl2N3O/c1-11-9-22(10-13-16(19)12(18)7-8-20-13)15-6-4-3-5-14(15)21(2)17(11)23/h3-8,11H,9-10H2,1-2H3. The molecule has 0 spiro atoms. The first-order valence-electron chi connectivity index (χ1n) is 7.39. The van der Waals surface area contributed by atoms with Crippen LogP contribution in [0, 0.1) is 5.92 Å². The zero-order valence-electron chi connectivity index (χ0n) is 13.0. The molecule has 0 fully saturated rings. The SMILES string of the molecule is CC1CN(Cc2nccc(Cl)c2Cl)c2ccccc2N(C)C1=O. The molecule has 2 aromatic rings. The van der Waals surface area contributed by atoms with Gasteiger partial charge in [-0.15, -0.1) is 0 Å². The monoisotopic (exact) mass is 349 g/mol. The number of carbonyl (C=O) groups excluding carboxylic acids is 1. The van der Waals surface area contributed by atoms with E-state index >= 15 is 0 Å². The molecule has 0 saturated carbocycles. The number of hydrogen-bond acceptors (Lipinski definition) is 3. The molecule has 1 aliphatic heterocycles. The molecular weight excluding hydrogens is 333 g/mol. The topological polar surface area (TPSA) is 36.4 Å². The Kier molecular flexibility index (Phi) is 4.46. The van der Waals surface area contributed by atoms with Gasteiger partial charge in [-0.3, -0.25) is 9.78 Å². The van der Waals surface area contributed by atoms with Crippen LogP contribution in [0.5, 0.6) is 0 Å². The van der Waals surface area contributed by atoms with Crippen LogP contribution < -0.4 is 9.80 Å². The van der Waals surface area contributed by atoms with Crippen LogP contribution in [0.15, 0.2) is 36.5 Å². The van der Waals surface area contributed by atoms with Crippen LogP contribution >= 0.6 is 23.2 Å². The average Bonchev–Trinajstić information content (AvgIpc) is 2.64. The lowest BCUT2D eigenvalue weighted by Crippen LogP contribution is -2.34. The van der Waals surface area contributed by atoms with Crippen molar-refractivity contribution in [3.63, 3.8) is 0 Å². The highest BCUT2D eigenvalue weighted by atomic mass is 35.5. The van der Waals surface area contributed by atoms with Crippen LogP contribution in [-0.2, 0) is 11.3 Å². The molecule has 2 heterocycles. The van der Waals surface area contributed by atoms with Crippen LogP contribution in [0.1, 0.15) is 12.6 Å². The Balaban J connectivity index is 2.02. The van der Waals surface area contributed by atoms with Gasteiger partial charge in [0, 0.05) is 19.8 Å². The molecule has 1 aromatic heterocycles. The van der Waals surface area contributed by atoms with E-state index < -0.39 is 0 Å². The number of amides is 1. The molecule has 0 N–H and O–H groups in total. The molecule has 1 aliphatic rings. The maximum Gasteiger partial charge on any atom is 0.231 e. The lowest BCUT2D eigenvalue weighted by molar-refractivity contribution is -0.121. The van der Waals surface area contributed by atoms with Gasteiger partial charge in [0.2, 0.25) is 5.91 Å². The number of aromatic nitrogens is 1. The third kappa shape index (κ3) is 3.01. The summed E-state index contributed by atoms with van der Waals surface area (Å²) in [7, 11) is 1.81. The van der Waals surface area contributed by atoms with Crippen LogP contribution in [0.4, 0.5) is 11.4 Å². The Hall–Kier alpha value is -1.78. The average molecular weight is 350 g/mol. The van der Waals surface area contributed by atoms with Crippen molar-refractivity contribution < 1.29 is 4.79 Å². The van der Waals surface area contributed by atoms with Crippen molar-refractivity contribution in [3.8, 4) is 0 Å². The summed E-state index contributed by atoms with van der Waals surface area (Å²) < 4.78 is 0. The highest BCUT2D eigenvalue weighted by molar-refractivity contribution is 6.42. The zero-order valence-corrected chi connectivity index (χ0v) is 14.5. The highest BCUT2D eigenvalue weighted by Gasteiger charge is 2.29. The first-order chi connectivity index (χ1) is 11.0. The second-order valence-corrected chi connectivity index (χ2v) is 6.51. The summed E-state index contributed by atoms with van der Waals surface area (Å²) in [6, 6.07) is 9.53. The number of para-hydroxylation sites is 2. The summed E-state index contributed by atoms with van der Waals surface area (Å²) in [6.45, 7) is 3.04. The van der Waals surface area contributed by atoms with Gasteiger partial charge in [-0.1, -0.05) is 42.3 Å². The van der Waals surface area contributed by atoms with Crippen molar-refractivity contribution in [2.75, 3.05) is 23.4 Å². The molecule has 120 valence electrons.